The molecule has 0 amide bonds. The number of ether oxygens (including phenoxy) is 2. The number of hydrogen-bond donors (Lipinski definition) is 2. The van der Waals surface area contributed by atoms with Crippen molar-refractivity contribution in [2.45, 2.75) is 32.4 Å². The van der Waals surface area contributed by atoms with Gasteiger partial charge in [0.2, 0.25) is 0 Å². The maximum absolute atomic E-state index is 11.4. The average molecular weight is 477 g/mol. The summed E-state index contributed by atoms with van der Waals surface area (Å²) in [6.45, 7) is 3.36. The molecule has 4 aromatic rings. The number of carboxylic acids is 1. The predicted octanol–water partition coefficient (Wildman–Crippen LogP) is 5.25. The van der Waals surface area contributed by atoms with Crippen molar-refractivity contribution in [1.82, 2.24) is 4.98 Å². The van der Waals surface area contributed by atoms with E-state index in [1.807, 2.05) is 47.4 Å². The van der Waals surface area contributed by atoms with Crippen LogP contribution in [-0.2, 0) is 11.3 Å². The predicted molar refractivity (Wildman–Crippen MR) is 132 cm³/mol. The highest BCUT2D eigenvalue weighted by Gasteiger charge is 2.18. The third kappa shape index (κ3) is 6.44. The molecule has 182 valence electrons. The average Bonchev–Trinajstić information content (AvgIpc) is 3.30. The van der Waals surface area contributed by atoms with E-state index in [1.54, 1.807) is 37.3 Å². The lowest BCUT2D eigenvalue weighted by atomic mass is 10.2. The second kappa shape index (κ2) is 11.3. The number of nitrogens with zero attached hydrogens (tertiary/aromatic N) is 2. The third-order valence-corrected chi connectivity index (χ3v) is 5.43. The number of aliphatic carboxylic acids is 1. The van der Waals surface area contributed by atoms with E-state index in [2.05, 4.69) is 4.98 Å². The zero-order valence-electron chi connectivity index (χ0n) is 19.5. The number of carboxylic acid groups (broad SMARTS) is 1. The Hall–Kier alpha value is -4.20. The van der Waals surface area contributed by atoms with Crippen molar-refractivity contribution in [3.8, 4) is 17.2 Å². The van der Waals surface area contributed by atoms with Gasteiger partial charge >= 0.3 is 5.97 Å². The minimum atomic E-state index is -0.986. The first-order valence-electron chi connectivity index (χ1n) is 11.5. The molecule has 0 aliphatic heterocycles. The van der Waals surface area contributed by atoms with E-state index < -0.39 is 12.1 Å². The smallest absolute Gasteiger partial charge is 0.344 e. The standard InChI is InChI=1S/C27H28N2O6/c1-2-24(26(31)32)34-22-8-5-7-19(17-22)18-29(27-28-23-9-3-4-10-25(23)35-27)15-6-16-33-21-13-11-20(30)12-14-21/h3-5,7-14,17,24,30H,2,6,15-16,18H2,1H3,(H,31,32)/t24-/m1/s1. The molecular formula is C27H28N2O6. The molecule has 0 saturated heterocycles. The van der Waals surface area contributed by atoms with E-state index in [1.165, 1.54) is 0 Å². The molecule has 35 heavy (non-hydrogen) atoms. The molecule has 2 N–H and O–H groups in total. The summed E-state index contributed by atoms with van der Waals surface area (Å²) in [7, 11) is 0. The van der Waals surface area contributed by atoms with Gasteiger partial charge in [-0.3, -0.25) is 0 Å². The number of oxazole rings is 1. The summed E-state index contributed by atoms with van der Waals surface area (Å²) in [5.74, 6) is 0.397. The molecule has 0 saturated carbocycles. The highest BCUT2D eigenvalue weighted by atomic mass is 16.5. The normalized spacial score (nSPS) is 11.8. The molecule has 0 radical (unpaired) electrons. The number of aromatic hydroxyl groups is 1. The molecule has 4 rings (SSSR count). The summed E-state index contributed by atoms with van der Waals surface area (Å²) in [5, 5.41) is 18.7. The first kappa shape index (κ1) is 23.9. The van der Waals surface area contributed by atoms with E-state index in [0.29, 0.717) is 55.6 Å². The van der Waals surface area contributed by atoms with Crippen molar-refractivity contribution >= 4 is 23.1 Å². The fourth-order valence-corrected chi connectivity index (χ4v) is 3.64. The SMILES string of the molecule is CC[C@@H](Oc1cccc(CN(CCCOc2ccc(O)cc2)c2nc3ccccc3o2)c1)C(=O)O. The Kier molecular flexibility index (Phi) is 7.72. The van der Waals surface area contributed by atoms with Crippen molar-refractivity contribution in [3.63, 3.8) is 0 Å². The monoisotopic (exact) mass is 476 g/mol. The van der Waals surface area contributed by atoms with Gasteiger partial charge in [-0.2, -0.15) is 4.98 Å². The first-order chi connectivity index (χ1) is 17.0. The van der Waals surface area contributed by atoms with Crippen LogP contribution in [0.3, 0.4) is 0 Å². The summed E-state index contributed by atoms with van der Waals surface area (Å²) in [6, 6.07) is 22.1. The molecule has 8 heteroatoms. The van der Waals surface area contributed by atoms with Gasteiger partial charge in [-0.15, -0.1) is 0 Å². The molecule has 1 aromatic heterocycles. The van der Waals surface area contributed by atoms with Gasteiger partial charge in [-0.1, -0.05) is 31.2 Å². The number of carbonyl (C=O) groups is 1. The molecular weight excluding hydrogens is 448 g/mol. The number of anilines is 1. The van der Waals surface area contributed by atoms with Gasteiger partial charge in [0, 0.05) is 13.1 Å². The van der Waals surface area contributed by atoms with Crippen LogP contribution >= 0.6 is 0 Å². The first-order valence-corrected chi connectivity index (χ1v) is 11.5. The Morgan fingerprint density at radius 2 is 1.86 bits per heavy atom. The van der Waals surface area contributed by atoms with E-state index in [9.17, 15) is 15.0 Å². The highest BCUT2D eigenvalue weighted by Crippen LogP contribution is 2.25. The number of rotatable bonds is 12. The Morgan fingerprint density at radius 3 is 2.60 bits per heavy atom. The fraction of sp³-hybridized carbons (Fsp3) is 0.259. The molecule has 1 atom stereocenters. The Bertz CT molecular complexity index is 1220. The van der Waals surface area contributed by atoms with Crippen molar-refractivity contribution in [2.75, 3.05) is 18.1 Å². The second-order valence-electron chi connectivity index (χ2n) is 8.08. The summed E-state index contributed by atoms with van der Waals surface area (Å²) in [4.78, 5) is 18.0. The summed E-state index contributed by atoms with van der Waals surface area (Å²) in [6.07, 6.45) is 0.179. The largest absolute Gasteiger partial charge is 0.508 e. The van der Waals surface area contributed by atoms with Crippen LogP contribution in [0.15, 0.2) is 77.2 Å². The minimum absolute atomic E-state index is 0.194. The Balaban J connectivity index is 1.47. The molecule has 3 aromatic carbocycles. The van der Waals surface area contributed by atoms with Crippen LogP contribution in [0.5, 0.6) is 17.2 Å². The summed E-state index contributed by atoms with van der Waals surface area (Å²) >= 11 is 0. The lowest BCUT2D eigenvalue weighted by Crippen LogP contribution is -2.27. The van der Waals surface area contributed by atoms with Crippen molar-refractivity contribution in [1.29, 1.82) is 0 Å². The molecule has 1 heterocycles. The number of benzene rings is 3. The van der Waals surface area contributed by atoms with Gasteiger partial charge in [0.1, 0.15) is 22.8 Å². The molecule has 0 aliphatic carbocycles. The van der Waals surface area contributed by atoms with Crippen molar-refractivity contribution < 1.29 is 28.9 Å². The van der Waals surface area contributed by atoms with Gasteiger partial charge in [0.15, 0.2) is 11.7 Å². The number of aromatic nitrogens is 1. The van der Waals surface area contributed by atoms with Crippen LogP contribution in [0.2, 0.25) is 0 Å². The minimum Gasteiger partial charge on any atom is -0.508 e. The van der Waals surface area contributed by atoms with Gasteiger partial charge in [-0.25, -0.2) is 4.79 Å². The van der Waals surface area contributed by atoms with Crippen molar-refractivity contribution in [3.05, 3.63) is 78.4 Å². The molecule has 0 spiro atoms. The van der Waals surface area contributed by atoms with Crippen LogP contribution < -0.4 is 14.4 Å². The number of para-hydroxylation sites is 2. The zero-order chi connectivity index (χ0) is 24.6. The molecule has 0 aliphatic rings. The van der Waals surface area contributed by atoms with Crippen LogP contribution in [0.4, 0.5) is 6.01 Å². The topological polar surface area (TPSA) is 105 Å². The lowest BCUT2D eigenvalue weighted by molar-refractivity contribution is -0.145. The summed E-state index contributed by atoms with van der Waals surface area (Å²) < 4.78 is 17.5. The van der Waals surface area contributed by atoms with E-state index in [0.717, 1.165) is 11.1 Å². The fourth-order valence-electron chi connectivity index (χ4n) is 3.64. The highest BCUT2D eigenvalue weighted by molar-refractivity contribution is 5.74. The van der Waals surface area contributed by atoms with Crippen molar-refractivity contribution in [2.24, 2.45) is 0 Å². The maximum Gasteiger partial charge on any atom is 0.344 e. The lowest BCUT2D eigenvalue weighted by Gasteiger charge is -2.21. The quantitative estimate of drug-likeness (QED) is 0.267. The van der Waals surface area contributed by atoms with E-state index in [4.69, 9.17) is 13.9 Å². The Labute approximate surface area is 203 Å². The van der Waals surface area contributed by atoms with E-state index >= 15 is 0 Å². The van der Waals surface area contributed by atoms with Gasteiger partial charge in [0.25, 0.3) is 6.01 Å². The molecule has 0 bridgehead atoms. The second-order valence-corrected chi connectivity index (χ2v) is 8.08. The number of hydrogen-bond acceptors (Lipinski definition) is 7. The van der Waals surface area contributed by atoms with Crippen LogP contribution in [0.1, 0.15) is 25.3 Å². The van der Waals surface area contributed by atoms with Gasteiger partial charge in [-0.05, 0) is 66.9 Å². The van der Waals surface area contributed by atoms with Crippen LogP contribution in [-0.4, -0.2) is 40.4 Å². The zero-order valence-corrected chi connectivity index (χ0v) is 19.5. The Morgan fingerprint density at radius 1 is 1.06 bits per heavy atom. The van der Waals surface area contributed by atoms with Gasteiger partial charge < -0.3 is 29.0 Å². The maximum atomic E-state index is 11.4. The number of fused-ring (bicyclic) bond motifs is 1. The molecule has 0 fully saturated rings. The third-order valence-electron chi connectivity index (χ3n) is 5.43. The number of phenols is 1. The van der Waals surface area contributed by atoms with Crippen LogP contribution in [0.25, 0.3) is 11.1 Å². The van der Waals surface area contributed by atoms with E-state index in [-0.39, 0.29) is 5.75 Å². The number of phenolic OH excluding ortho intramolecular Hbond substituents is 1. The molecule has 0 unspecified atom stereocenters. The molecule has 8 nitrogen and oxygen atoms in total. The van der Waals surface area contributed by atoms with Crippen LogP contribution in [0, 0.1) is 0 Å². The van der Waals surface area contributed by atoms with Gasteiger partial charge in [0.05, 0.1) is 6.61 Å². The summed E-state index contributed by atoms with van der Waals surface area (Å²) in [5.41, 5.74) is 2.42.